The largest absolute Gasteiger partial charge is 0.480 e. The maximum Gasteiger partial charge on any atom is 0.320 e. The second-order valence-corrected chi connectivity index (χ2v) is 5.27. The minimum atomic E-state index is -0.754. The van der Waals surface area contributed by atoms with Crippen LogP contribution in [0.15, 0.2) is 0 Å². The van der Waals surface area contributed by atoms with Gasteiger partial charge < -0.3 is 10.8 Å². The van der Waals surface area contributed by atoms with Crippen LogP contribution in [0.1, 0.15) is 40.0 Å². The zero-order valence-corrected chi connectivity index (χ0v) is 11.8. The van der Waals surface area contributed by atoms with E-state index in [1.807, 2.05) is 11.8 Å². The first-order valence-corrected chi connectivity index (χ1v) is 6.54. The Labute approximate surface area is 109 Å². The SMILES string of the molecule is CCCC(C(=O)O)N(CCC(N)=S)CC(C)C. The minimum absolute atomic E-state index is 0.420. The van der Waals surface area contributed by atoms with Gasteiger partial charge in [0.1, 0.15) is 6.04 Å². The van der Waals surface area contributed by atoms with Crippen LogP contribution in [0.3, 0.4) is 0 Å². The predicted molar refractivity (Wildman–Crippen MR) is 74.1 cm³/mol. The van der Waals surface area contributed by atoms with E-state index in [1.165, 1.54) is 0 Å². The van der Waals surface area contributed by atoms with E-state index in [4.69, 9.17) is 18.0 Å². The molecule has 0 amide bonds. The lowest BCUT2D eigenvalue weighted by Gasteiger charge is -2.30. The van der Waals surface area contributed by atoms with E-state index in [0.717, 1.165) is 13.0 Å². The molecular formula is C12H24N2O2S. The van der Waals surface area contributed by atoms with E-state index in [1.54, 1.807) is 0 Å². The molecule has 0 saturated heterocycles. The van der Waals surface area contributed by atoms with E-state index in [2.05, 4.69) is 13.8 Å². The van der Waals surface area contributed by atoms with Crippen molar-refractivity contribution in [1.29, 1.82) is 0 Å². The van der Waals surface area contributed by atoms with Crippen molar-refractivity contribution in [2.45, 2.75) is 46.1 Å². The summed E-state index contributed by atoms with van der Waals surface area (Å²) in [6, 6.07) is -0.420. The van der Waals surface area contributed by atoms with Crippen LogP contribution in [0.2, 0.25) is 0 Å². The van der Waals surface area contributed by atoms with Crippen molar-refractivity contribution in [1.82, 2.24) is 4.90 Å². The van der Waals surface area contributed by atoms with Gasteiger partial charge in [-0.25, -0.2) is 0 Å². The first-order chi connectivity index (χ1) is 7.88. The van der Waals surface area contributed by atoms with Gasteiger partial charge in [0.2, 0.25) is 0 Å². The Bertz CT molecular complexity index is 257. The van der Waals surface area contributed by atoms with Gasteiger partial charge in [-0.2, -0.15) is 0 Å². The molecule has 0 aromatic rings. The molecule has 0 rings (SSSR count). The van der Waals surface area contributed by atoms with Crippen LogP contribution < -0.4 is 5.73 Å². The van der Waals surface area contributed by atoms with E-state index in [-0.39, 0.29) is 0 Å². The molecule has 1 atom stereocenters. The van der Waals surface area contributed by atoms with Crippen LogP contribution in [0.4, 0.5) is 0 Å². The van der Waals surface area contributed by atoms with Gasteiger partial charge in [-0.05, 0) is 12.3 Å². The summed E-state index contributed by atoms with van der Waals surface area (Å²) in [7, 11) is 0. The molecular weight excluding hydrogens is 236 g/mol. The minimum Gasteiger partial charge on any atom is -0.480 e. The summed E-state index contributed by atoms with van der Waals surface area (Å²) in [5.41, 5.74) is 5.48. The van der Waals surface area contributed by atoms with Gasteiger partial charge in [0.05, 0.1) is 4.99 Å². The monoisotopic (exact) mass is 260 g/mol. The average Bonchev–Trinajstić information content (AvgIpc) is 2.20. The molecule has 0 aromatic heterocycles. The van der Waals surface area contributed by atoms with Crippen molar-refractivity contribution in [3.8, 4) is 0 Å². The normalized spacial score (nSPS) is 13.0. The van der Waals surface area contributed by atoms with Crippen molar-refractivity contribution in [3.05, 3.63) is 0 Å². The maximum atomic E-state index is 11.3. The van der Waals surface area contributed by atoms with Crippen molar-refractivity contribution < 1.29 is 9.90 Å². The van der Waals surface area contributed by atoms with Gasteiger partial charge in [-0.1, -0.05) is 39.4 Å². The Morgan fingerprint density at radius 1 is 1.47 bits per heavy atom. The predicted octanol–water partition coefficient (Wildman–Crippen LogP) is 1.87. The Hall–Kier alpha value is -0.680. The van der Waals surface area contributed by atoms with Crippen molar-refractivity contribution >= 4 is 23.2 Å². The average molecular weight is 260 g/mol. The van der Waals surface area contributed by atoms with E-state index >= 15 is 0 Å². The summed E-state index contributed by atoms with van der Waals surface area (Å²) < 4.78 is 0. The third-order valence-corrected chi connectivity index (χ3v) is 2.74. The Kier molecular flexibility index (Phi) is 8.08. The third kappa shape index (κ3) is 7.28. The van der Waals surface area contributed by atoms with Gasteiger partial charge in [-0.15, -0.1) is 0 Å². The fraction of sp³-hybridized carbons (Fsp3) is 0.833. The fourth-order valence-corrected chi connectivity index (χ4v) is 1.92. The number of rotatable bonds is 9. The molecule has 0 heterocycles. The highest BCUT2D eigenvalue weighted by Gasteiger charge is 2.24. The van der Waals surface area contributed by atoms with Crippen LogP contribution in [0.5, 0.6) is 0 Å². The summed E-state index contributed by atoms with van der Waals surface area (Å²) >= 11 is 4.85. The Morgan fingerprint density at radius 3 is 2.41 bits per heavy atom. The van der Waals surface area contributed by atoms with Crippen LogP contribution in [0, 0.1) is 5.92 Å². The molecule has 3 N–H and O–H groups in total. The third-order valence-electron chi connectivity index (χ3n) is 2.53. The highest BCUT2D eigenvalue weighted by Crippen LogP contribution is 2.11. The van der Waals surface area contributed by atoms with Gasteiger partial charge >= 0.3 is 5.97 Å². The van der Waals surface area contributed by atoms with Gasteiger partial charge in [0, 0.05) is 19.5 Å². The summed E-state index contributed by atoms with van der Waals surface area (Å²) in [6.07, 6.45) is 2.10. The molecule has 17 heavy (non-hydrogen) atoms. The van der Waals surface area contributed by atoms with Crippen LogP contribution >= 0.6 is 12.2 Å². The summed E-state index contributed by atoms with van der Waals surface area (Å²) in [6.45, 7) is 7.55. The molecule has 0 saturated carbocycles. The van der Waals surface area contributed by atoms with Crippen LogP contribution in [-0.2, 0) is 4.79 Å². The first-order valence-electron chi connectivity index (χ1n) is 6.13. The number of hydrogen-bond donors (Lipinski definition) is 2. The zero-order valence-electron chi connectivity index (χ0n) is 11.0. The number of hydrogen-bond acceptors (Lipinski definition) is 3. The highest BCUT2D eigenvalue weighted by atomic mass is 32.1. The van der Waals surface area contributed by atoms with Crippen molar-refractivity contribution in [3.63, 3.8) is 0 Å². The molecule has 0 aliphatic rings. The number of carboxylic acid groups (broad SMARTS) is 1. The molecule has 0 aliphatic carbocycles. The van der Waals surface area contributed by atoms with Crippen molar-refractivity contribution in [2.75, 3.05) is 13.1 Å². The molecule has 0 aliphatic heterocycles. The standard InChI is InChI=1S/C12H24N2O2S/c1-4-5-10(12(15)16)14(8-9(2)3)7-6-11(13)17/h9-10H,4-8H2,1-3H3,(H2,13,17)(H,15,16). The number of thiocarbonyl (C=S) groups is 1. The quantitative estimate of drug-likeness (QED) is 0.620. The first kappa shape index (κ1) is 16.3. The second kappa shape index (κ2) is 8.42. The topological polar surface area (TPSA) is 66.6 Å². The van der Waals surface area contributed by atoms with Crippen LogP contribution in [-0.4, -0.2) is 40.1 Å². The molecule has 0 aromatic carbocycles. The van der Waals surface area contributed by atoms with Crippen molar-refractivity contribution in [2.24, 2.45) is 11.7 Å². The Morgan fingerprint density at radius 2 is 2.06 bits per heavy atom. The van der Waals surface area contributed by atoms with Gasteiger partial charge in [-0.3, -0.25) is 9.69 Å². The lowest BCUT2D eigenvalue weighted by molar-refractivity contribution is -0.143. The summed E-state index contributed by atoms with van der Waals surface area (Å²) in [5, 5.41) is 9.25. The van der Waals surface area contributed by atoms with E-state index in [9.17, 15) is 9.90 Å². The maximum absolute atomic E-state index is 11.3. The highest BCUT2D eigenvalue weighted by molar-refractivity contribution is 7.80. The molecule has 0 radical (unpaired) electrons. The van der Waals surface area contributed by atoms with E-state index < -0.39 is 12.0 Å². The zero-order chi connectivity index (χ0) is 13.4. The fourth-order valence-electron chi connectivity index (χ4n) is 1.83. The van der Waals surface area contributed by atoms with Gasteiger partial charge in [0.25, 0.3) is 0 Å². The number of nitrogens with two attached hydrogens (primary N) is 1. The summed E-state index contributed by atoms with van der Waals surface area (Å²) in [5.74, 6) is -0.324. The molecule has 1 unspecified atom stereocenters. The number of carbonyl (C=O) groups is 1. The second-order valence-electron chi connectivity index (χ2n) is 4.75. The van der Waals surface area contributed by atoms with Gasteiger partial charge in [0.15, 0.2) is 0 Å². The molecule has 0 bridgehead atoms. The molecule has 100 valence electrons. The number of aliphatic carboxylic acids is 1. The molecule has 4 nitrogen and oxygen atoms in total. The molecule has 0 spiro atoms. The van der Waals surface area contributed by atoms with Crippen LogP contribution in [0.25, 0.3) is 0 Å². The smallest absolute Gasteiger partial charge is 0.320 e. The summed E-state index contributed by atoms with van der Waals surface area (Å²) in [4.78, 5) is 13.7. The number of nitrogens with zero attached hydrogens (tertiary/aromatic N) is 1. The lowest BCUT2D eigenvalue weighted by atomic mass is 10.1. The van der Waals surface area contributed by atoms with E-state index in [0.29, 0.717) is 30.3 Å². The Balaban J connectivity index is 4.59. The number of carboxylic acids is 1. The lowest BCUT2D eigenvalue weighted by Crippen LogP contribution is -2.44. The molecule has 0 fully saturated rings. The molecule has 5 heteroatoms.